The normalized spacial score (nSPS) is 12.4. The summed E-state index contributed by atoms with van der Waals surface area (Å²) in [6, 6.07) is 2.74. The van der Waals surface area contributed by atoms with Crippen LogP contribution in [0.4, 0.5) is 5.69 Å². The number of halogens is 2. The SMILES string of the molecule is CN(C)CCN(C)S(=O)(=O)c1c(N)cc(Cl)cc1Cl. The summed E-state index contributed by atoms with van der Waals surface area (Å²) in [5, 5.41) is 0.332. The fraction of sp³-hybridized carbons (Fsp3) is 0.455. The molecule has 0 fully saturated rings. The van der Waals surface area contributed by atoms with Crippen molar-refractivity contribution < 1.29 is 8.42 Å². The molecule has 1 rings (SSSR count). The average molecular weight is 326 g/mol. The molecule has 0 radical (unpaired) electrons. The monoisotopic (exact) mass is 325 g/mol. The highest BCUT2D eigenvalue weighted by atomic mass is 35.5. The van der Waals surface area contributed by atoms with Crippen LogP contribution in [0.15, 0.2) is 17.0 Å². The third-order valence-corrected chi connectivity index (χ3v) is 5.17. The molecule has 0 bridgehead atoms. The zero-order chi connectivity index (χ0) is 14.8. The minimum atomic E-state index is -3.72. The minimum absolute atomic E-state index is 0.0294. The Morgan fingerprint density at radius 1 is 1.16 bits per heavy atom. The van der Waals surface area contributed by atoms with Crippen LogP contribution in [0, 0.1) is 0 Å². The number of hydrogen-bond donors (Lipinski definition) is 1. The molecule has 8 heteroatoms. The lowest BCUT2D eigenvalue weighted by Crippen LogP contribution is -2.34. The summed E-state index contributed by atoms with van der Waals surface area (Å²) in [5.41, 5.74) is 5.77. The van der Waals surface area contributed by atoms with Gasteiger partial charge in [-0.2, -0.15) is 4.31 Å². The van der Waals surface area contributed by atoms with Crippen molar-refractivity contribution in [2.45, 2.75) is 4.90 Å². The van der Waals surface area contributed by atoms with Crippen molar-refractivity contribution in [3.8, 4) is 0 Å². The molecule has 0 unspecified atom stereocenters. The van der Waals surface area contributed by atoms with E-state index in [0.717, 1.165) is 0 Å². The highest BCUT2D eigenvalue weighted by molar-refractivity contribution is 7.89. The first-order valence-electron chi connectivity index (χ1n) is 5.52. The Balaban J connectivity index is 3.14. The van der Waals surface area contributed by atoms with Crippen LogP contribution in [-0.2, 0) is 10.0 Å². The van der Waals surface area contributed by atoms with Gasteiger partial charge in [0.1, 0.15) is 4.90 Å². The van der Waals surface area contributed by atoms with Crippen LogP contribution in [-0.4, -0.2) is 51.9 Å². The van der Waals surface area contributed by atoms with E-state index in [1.807, 2.05) is 19.0 Å². The summed E-state index contributed by atoms with van der Waals surface area (Å²) >= 11 is 11.7. The molecular weight excluding hydrogens is 309 g/mol. The maximum atomic E-state index is 12.4. The maximum absolute atomic E-state index is 12.4. The minimum Gasteiger partial charge on any atom is -0.398 e. The van der Waals surface area contributed by atoms with E-state index in [-0.39, 0.29) is 15.6 Å². The molecule has 0 spiro atoms. The molecule has 1 aromatic rings. The van der Waals surface area contributed by atoms with Gasteiger partial charge in [0.2, 0.25) is 10.0 Å². The molecule has 0 aromatic heterocycles. The Morgan fingerprint density at radius 2 is 1.74 bits per heavy atom. The van der Waals surface area contributed by atoms with E-state index >= 15 is 0 Å². The Bertz CT molecular complexity index is 538. The van der Waals surface area contributed by atoms with Gasteiger partial charge in [-0.15, -0.1) is 0 Å². The maximum Gasteiger partial charge on any atom is 0.246 e. The van der Waals surface area contributed by atoms with Crippen LogP contribution in [0.25, 0.3) is 0 Å². The second kappa shape index (κ2) is 6.28. The van der Waals surface area contributed by atoms with Gasteiger partial charge in [-0.05, 0) is 26.2 Å². The summed E-state index contributed by atoms with van der Waals surface area (Å²) in [6.07, 6.45) is 0. The predicted octanol–water partition coefficient (Wildman–Crippen LogP) is 1.76. The van der Waals surface area contributed by atoms with Gasteiger partial charge in [-0.25, -0.2) is 8.42 Å². The van der Waals surface area contributed by atoms with Crippen molar-refractivity contribution in [3.05, 3.63) is 22.2 Å². The molecule has 108 valence electrons. The molecule has 0 aliphatic carbocycles. The quantitative estimate of drug-likeness (QED) is 0.837. The number of likely N-dealkylation sites (N-methyl/N-ethyl adjacent to an activating group) is 2. The third kappa shape index (κ3) is 3.97. The lowest BCUT2D eigenvalue weighted by molar-refractivity contribution is 0.358. The first-order valence-corrected chi connectivity index (χ1v) is 7.71. The van der Waals surface area contributed by atoms with E-state index in [1.54, 1.807) is 0 Å². The van der Waals surface area contributed by atoms with Gasteiger partial charge in [0, 0.05) is 25.2 Å². The van der Waals surface area contributed by atoms with Crippen LogP contribution in [0.1, 0.15) is 0 Å². The standard InChI is InChI=1S/C11H17Cl2N3O2S/c1-15(2)4-5-16(3)19(17,18)11-9(13)6-8(12)7-10(11)14/h6-7H,4-5,14H2,1-3H3. The van der Waals surface area contributed by atoms with E-state index in [2.05, 4.69) is 0 Å². The van der Waals surface area contributed by atoms with Gasteiger partial charge in [-0.3, -0.25) is 0 Å². The van der Waals surface area contributed by atoms with E-state index in [0.29, 0.717) is 18.1 Å². The summed E-state index contributed by atoms with van der Waals surface area (Å²) in [6.45, 7) is 0.939. The molecule has 5 nitrogen and oxygen atoms in total. The van der Waals surface area contributed by atoms with Crippen molar-refractivity contribution in [1.82, 2.24) is 9.21 Å². The Labute approximate surface area is 123 Å². The van der Waals surface area contributed by atoms with Crippen LogP contribution in [0.2, 0.25) is 10.0 Å². The van der Waals surface area contributed by atoms with Crippen LogP contribution in [0.5, 0.6) is 0 Å². The van der Waals surface area contributed by atoms with Gasteiger partial charge >= 0.3 is 0 Å². The molecule has 0 aliphatic heterocycles. The number of rotatable bonds is 5. The molecular formula is C11H17Cl2N3O2S. The Kier molecular flexibility index (Phi) is 5.46. The largest absolute Gasteiger partial charge is 0.398 e. The van der Waals surface area contributed by atoms with Crippen molar-refractivity contribution in [2.24, 2.45) is 0 Å². The van der Waals surface area contributed by atoms with E-state index in [1.165, 1.54) is 23.5 Å². The van der Waals surface area contributed by atoms with E-state index in [9.17, 15) is 8.42 Å². The first-order chi connectivity index (χ1) is 8.66. The Hall–Kier alpha value is -0.530. The van der Waals surface area contributed by atoms with Crippen molar-refractivity contribution in [3.63, 3.8) is 0 Å². The molecule has 19 heavy (non-hydrogen) atoms. The first kappa shape index (κ1) is 16.5. The predicted molar refractivity (Wildman–Crippen MR) is 79.2 cm³/mol. The second-order valence-electron chi connectivity index (χ2n) is 4.44. The second-order valence-corrected chi connectivity index (χ2v) is 7.26. The van der Waals surface area contributed by atoms with Crippen molar-refractivity contribution in [2.75, 3.05) is 40.0 Å². The van der Waals surface area contributed by atoms with Crippen LogP contribution < -0.4 is 5.73 Å². The molecule has 0 aliphatic rings. The van der Waals surface area contributed by atoms with Crippen molar-refractivity contribution in [1.29, 1.82) is 0 Å². The number of sulfonamides is 1. The fourth-order valence-electron chi connectivity index (χ4n) is 1.47. The molecule has 0 amide bonds. The smallest absolute Gasteiger partial charge is 0.246 e. The van der Waals surface area contributed by atoms with Crippen LogP contribution in [0.3, 0.4) is 0 Å². The van der Waals surface area contributed by atoms with E-state index in [4.69, 9.17) is 28.9 Å². The number of anilines is 1. The lowest BCUT2D eigenvalue weighted by atomic mass is 10.3. The topological polar surface area (TPSA) is 66.6 Å². The summed E-state index contributed by atoms with van der Waals surface area (Å²) in [4.78, 5) is 1.79. The number of nitrogens with two attached hydrogens (primary N) is 1. The fourth-order valence-corrected chi connectivity index (χ4v) is 3.57. The third-order valence-electron chi connectivity index (χ3n) is 2.57. The Morgan fingerprint density at radius 3 is 2.21 bits per heavy atom. The summed E-state index contributed by atoms with van der Waals surface area (Å²) in [7, 11) is 1.50. The molecule has 0 saturated heterocycles. The highest BCUT2D eigenvalue weighted by Crippen LogP contribution is 2.32. The summed E-state index contributed by atoms with van der Waals surface area (Å²) in [5.74, 6) is 0. The zero-order valence-corrected chi connectivity index (χ0v) is 13.3. The molecule has 0 saturated carbocycles. The van der Waals surface area contributed by atoms with Crippen LogP contribution >= 0.6 is 23.2 Å². The number of nitrogens with zero attached hydrogens (tertiary/aromatic N) is 2. The number of hydrogen-bond acceptors (Lipinski definition) is 4. The molecule has 2 N–H and O–H groups in total. The molecule has 1 aromatic carbocycles. The number of benzene rings is 1. The van der Waals surface area contributed by atoms with Gasteiger partial charge in [0.25, 0.3) is 0 Å². The van der Waals surface area contributed by atoms with Gasteiger partial charge in [0.15, 0.2) is 0 Å². The lowest BCUT2D eigenvalue weighted by Gasteiger charge is -2.21. The zero-order valence-electron chi connectivity index (χ0n) is 11.0. The van der Waals surface area contributed by atoms with Gasteiger partial charge in [0.05, 0.1) is 10.7 Å². The summed E-state index contributed by atoms with van der Waals surface area (Å²) < 4.78 is 26.0. The molecule has 0 atom stereocenters. The average Bonchev–Trinajstić information content (AvgIpc) is 2.23. The highest BCUT2D eigenvalue weighted by Gasteiger charge is 2.26. The van der Waals surface area contributed by atoms with Gasteiger partial charge in [-0.1, -0.05) is 23.2 Å². The molecule has 0 heterocycles. The van der Waals surface area contributed by atoms with Crippen molar-refractivity contribution >= 4 is 38.9 Å². The number of nitrogen functional groups attached to an aromatic ring is 1. The van der Waals surface area contributed by atoms with E-state index < -0.39 is 10.0 Å². The van der Waals surface area contributed by atoms with Gasteiger partial charge < -0.3 is 10.6 Å².